The predicted molar refractivity (Wildman–Crippen MR) is 108 cm³/mol. The number of rotatable bonds is 8. The molecule has 0 bridgehead atoms. The predicted octanol–water partition coefficient (Wildman–Crippen LogP) is 4.34. The summed E-state index contributed by atoms with van der Waals surface area (Å²) in [7, 11) is 0. The molecule has 0 saturated carbocycles. The van der Waals surface area contributed by atoms with E-state index in [2.05, 4.69) is 23.4 Å². The first kappa shape index (κ1) is 21.7. The maximum Gasteiger partial charge on any atom is 0.355 e. The first-order valence-corrected chi connectivity index (χ1v) is 9.61. The zero-order valence-electron chi connectivity index (χ0n) is 17.9. The van der Waals surface area contributed by atoms with E-state index in [4.69, 9.17) is 4.74 Å². The number of H-pyrrole nitrogens is 1. The summed E-state index contributed by atoms with van der Waals surface area (Å²) in [5, 5.41) is 0. The third-order valence-electron chi connectivity index (χ3n) is 5.13. The van der Waals surface area contributed by atoms with E-state index in [1.807, 2.05) is 19.9 Å². The number of Topliss-reactive ketones (excluding diaryl/α,β-unsaturated/α-hetero) is 2. The van der Waals surface area contributed by atoms with Crippen molar-refractivity contribution in [3.63, 3.8) is 0 Å². The molecule has 1 N–H and O–H groups in total. The van der Waals surface area contributed by atoms with Crippen LogP contribution in [0.1, 0.15) is 81.0 Å². The van der Waals surface area contributed by atoms with Gasteiger partial charge in [0.2, 0.25) is 5.78 Å². The highest BCUT2D eigenvalue weighted by Gasteiger charge is 2.23. The first-order valence-electron chi connectivity index (χ1n) is 9.61. The lowest BCUT2D eigenvalue weighted by atomic mass is 10.1. The van der Waals surface area contributed by atoms with Gasteiger partial charge in [0.15, 0.2) is 12.4 Å². The number of esters is 1. The van der Waals surface area contributed by atoms with E-state index in [0.29, 0.717) is 28.3 Å². The number of aromatic nitrogens is 2. The van der Waals surface area contributed by atoms with Crippen molar-refractivity contribution in [2.24, 2.45) is 5.92 Å². The molecule has 0 amide bonds. The SMILES string of the molecule is CC(=O)c1c(C)[nH]c(C(=O)OCC(=O)c2cc(C)n(CCC(C)C)c2C)c1C. The molecule has 0 fully saturated rings. The summed E-state index contributed by atoms with van der Waals surface area (Å²) < 4.78 is 7.37. The van der Waals surface area contributed by atoms with Gasteiger partial charge in [-0.1, -0.05) is 13.8 Å². The lowest BCUT2D eigenvalue weighted by Gasteiger charge is -2.11. The molecular formula is C22H30N2O4. The Labute approximate surface area is 166 Å². The minimum absolute atomic E-state index is 0.116. The van der Waals surface area contributed by atoms with E-state index in [0.717, 1.165) is 24.4 Å². The van der Waals surface area contributed by atoms with Crippen LogP contribution in [0.3, 0.4) is 0 Å². The van der Waals surface area contributed by atoms with Gasteiger partial charge in [-0.2, -0.15) is 0 Å². The monoisotopic (exact) mass is 386 g/mol. The van der Waals surface area contributed by atoms with Crippen molar-refractivity contribution in [1.82, 2.24) is 9.55 Å². The van der Waals surface area contributed by atoms with E-state index >= 15 is 0 Å². The van der Waals surface area contributed by atoms with E-state index < -0.39 is 5.97 Å². The average Bonchev–Trinajstić information content (AvgIpc) is 3.06. The van der Waals surface area contributed by atoms with Crippen LogP contribution in [0.4, 0.5) is 0 Å². The molecule has 152 valence electrons. The molecule has 2 aromatic rings. The largest absolute Gasteiger partial charge is 0.453 e. The molecule has 2 aromatic heterocycles. The Morgan fingerprint density at radius 3 is 2.32 bits per heavy atom. The van der Waals surface area contributed by atoms with Crippen LogP contribution in [0, 0.1) is 33.6 Å². The van der Waals surface area contributed by atoms with Gasteiger partial charge in [-0.05, 0) is 58.6 Å². The minimum atomic E-state index is -0.630. The number of carbonyl (C=O) groups excluding carboxylic acids is 3. The number of ketones is 2. The first-order chi connectivity index (χ1) is 13.0. The van der Waals surface area contributed by atoms with Gasteiger partial charge in [0, 0.05) is 34.8 Å². The van der Waals surface area contributed by atoms with Gasteiger partial charge in [0.05, 0.1) is 0 Å². The molecule has 0 aliphatic heterocycles. The van der Waals surface area contributed by atoms with E-state index in [-0.39, 0.29) is 23.9 Å². The molecule has 2 rings (SSSR count). The van der Waals surface area contributed by atoms with Gasteiger partial charge >= 0.3 is 5.97 Å². The lowest BCUT2D eigenvalue weighted by molar-refractivity contribution is 0.0468. The van der Waals surface area contributed by atoms with Crippen molar-refractivity contribution in [3.05, 3.63) is 45.5 Å². The summed E-state index contributed by atoms with van der Waals surface area (Å²) in [4.78, 5) is 39.6. The Kier molecular flexibility index (Phi) is 6.65. The summed E-state index contributed by atoms with van der Waals surface area (Å²) in [5.41, 5.74) is 4.38. The minimum Gasteiger partial charge on any atom is -0.453 e. The maximum atomic E-state index is 12.6. The van der Waals surface area contributed by atoms with Crippen molar-refractivity contribution in [2.75, 3.05) is 6.61 Å². The quantitative estimate of drug-likeness (QED) is 0.540. The Morgan fingerprint density at radius 1 is 1.14 bits per heavy atom. The van der Waals surface area contributed by atoms with Gasteiger partial charge in [0.25, 0.3) is 0 Å². The number of aryl methyl sites for hydroxylation is 2. The third kappa shape index (κ3) is 4.43. The molecule has 0 aliphatic carbocycles. The Morgan fingerprint density at radius 2 is 1.79 bits per heavy atom. The van der Waals surface area contributed by atoms with Crippen LogP contribution in [-0.4, -0.2) is 33.7 Å². The van der Waals surface area contributed by atoms with Gasteiger partial charge in [-0.25, -0.2) is 4.79 Å². The summed E-state index contributed by atoms with van der Waals surface area (Å²) in [6.45, 7) is 13.6. The van der Waals surface area contributed by atoms with Gasteiger partial charge < -0.3 is 14.3 Å². The zero-order chi connectivity index (χ0) is 21.2. The number of hydrogen-bond acceptors (Lipinski definition) is 4. The molecule has 2 heterocycles. The number of hydrogen-bond donors (Lipinski definition) is 1. The fraction of sp³-hybridized carbons (Fsp3) is 0.500. The molecule has 0 radical (unpaired) electrons. The van der Waals surface area contributed by atoms with Crippen LogP contribution in [0.25, 0.3) is 0 Å². The van der Waals surface area contributed by atoms with E-state index in [9.17, 15) is 14.4 Å². The molecule has 6 nitrogen and oxygen atoms in total. The molecule has 0 aliphatic rings. The Hall–Kier alpha value is -2.63. The van der Waals surface area contributed by atoms with Crippen molar-refractivity contribution >= 4 is 17.5 Å². The van der Waals surface area contributed by atoms with Crippen molar-refractivity contribution < 1.29 is 19.1 Å². The van der Waals surface area contributed by atoms with E-state index in [1.54, 1.807) is 13.8 Å². The Bertz CT molecular complexity index is 916. The second kappa shape index (κ2) is 8.59. The van der Waals surface area contributed by atoms with Crippen LogP contribution in [0.2, 0.25) is 0 Å². The van der Waals surface area contributed by atoms with Gasteiger partial charge in [-0.15, -0.1) is 0 Å². The average molecular weight is 386 g/mol. The molecule has 0 unspecified atom stereocenters. The molecule has 0 spiro atoms. The summed E-state index contributed by atoms with van der Waals surface area (Å²) in [6.07, 6.45) is 1.03. The van der Waals surface area contributed by atoms with E-state index in [1.165, 1.54) is 6.92 Å². The van der Waals surface area contributed by atoms with Crippen molar-refractivity contribution in [1.29, 1.82) is 0 Å². The highest BCUT2D eigenvalue weighted by molar-refractivity contribution is 6.03. The van der Waals surface area contributed by atoms with Gasteiger partial charge in [-0.3, -0.25) is 9.59 Å². The number of carbonyl (C=O) groups is 3. The zero-order valence-corrected chi connectivity index (χ0v) is 17.9. The van der Waals surface area contributed by atoms with Crippen LogP contribution in [-0.2, 0) is 11.3 Å². The fourth-order valence-corrected chi connectivity index (χ4v) is 3.58. The summed E-state index contributed by atoms with van der Waals surface area (Å²) >= 11 is 0. The molecular weight excluding hydrogens is 356 g/mol. The lowest BCUT2D eigenvalue weighted by Crippen LogP contribution is -2.16. The fourth-order valence-electron chi connectivity index (χ4n) is 3.58. The Balaban J connectivity index is 2.11. The van der Waals surface area contributed by atoms with Crippen LogP contribution in [0.15, 0.2) is 6.07 Å². The molecule has 0 saturated heterocycles. The number of aromatic amines is 1. The summed E-state index contributed by atoms with van der Waals surface area (Å²) in [6, 6.07) is 1.85. The normalized spacial score (nSPS) is 11.1. The van der Waals surface area contributed by atoms with Crippen molar-refractivity contribution in [2.45, 2.75) is 61.4 Å². The van der Waals surface area contributed by atoms with Crippen LogP contribution in [0.5, 0.6) is 0 Å². The second-order valence-corrected chi connectivity index (χ2v) is 7.80. The third-order valence-corrected chi connectivity index (χ3v) is 5.13. The summed E-state index contributed by atoms with van der Waals surface area (Å²) in [5.74, 6) is -0.399. The van der Waals surface area contributed by atoms with Crippen LogP contribution < -0.4 is 0 Å². The molecule has 6 heteroatoms. The second-order valence-electron chi connectivity index (χ2n) is 7.80. The molecule has 28 heavy (non-hydrogen) atoms. The number of ether oxygens (including phenoxy) is 1. The van der Waals surface area contributed by atoms with Gasteiger partial charge in [0.1, 0.15) is 5.69 Å². The van der Waals surface area contributed by atoms with Crippen LogP contribution >= 0.6 is 0 Å². The smallest absolute Gasteiger partial charge is 0.355 e. The topological polar surface area (TPSA) is 81.2 Å². The highest BCUT2D eigenvalue weighted by atomic mass is 16.5. The standard InChI is InChI=1S/C22H30N2O4/c1-12(2)8-9-24-13(3)10-18(16(24)6)19(26)11-28-22(27)21-14(4)20(17(7)25)15(5)23-21/h10,12,23H,8-9,11H2,1-7H3. The number of nitrogens with one attached hydrogen (secondary N) is 1. The maximum absolute atomic E-state index is 12.6. The molecule has 0 atom stereocenters. The number of nitrogens with zero attached hydrogens (tertiary/aromatic N) is 1. The molecule has 0 aromatic carbocycles. The van der Waals surface area contributed by atoms with Crippen molar-refractivity contribution in [3.8, 4) is 0 Å². The highest BCUT2D eigenvalue weighted by Crippen LogP contribution is 2.20.